The Morgan fingerprint density at radius 1 is 0.750 bits per heavy atom. The fourth-order valence-electron chi connectivity index (χ4n) is 5.63. The Morgan fingerprint density at radius 2 is 1.32 bits per heavy atom. The van der Waals surface area contributed by atoms with E-state index in [0.29, 0.717) is 12.8 Å². The van der Waals surface area contributed by atoms with Gasteiger partial charge in [0.25, 0.3) is 0 Å². The number of nitrogens with one attached hydrogen (secondary N) is 1. The summed E-state index contributed by atoms with van der Waals surface area (Å²) in [6.45, 7) is 3.72. The summed E-state index contributed by atoms with van der Waals surface area (Å²) in [5, 5.41) is 53.8. The first-order valence-corrected chi connectivity index (χ1v) is 17.9. The maximum atomic E-state index is 12.8. The van der Waals surface area contributed by atoms with E-state index in [0.717, 1.165) is 64.2 Å². The van der Waals surface area contributed by atoms with Gasteiger partial charge in [0, 0.05) is 6.42 Å². The Balaban J connectivity index is 2.47. The first-order valence-electron chi connectivity index (χ1n) is 17.9. The van der Waals surface area contributed by atoms with Gasteiger partial charge in [-0.15, -0.1) is 0 Å². The summed E-state index contributed by atoms with van der Waals surface area (Å²) >= 11 is 0. The summed E-state index contributed by atoms with van der Waals surface area (Å²) < 4.78 is 11.2. The molecule has 1 heterocycles. The molecule has 0 aliphatic carbocycles. The van der Waals surface area contributed by atoms with Crippen LogP contribution in [0.25, 0.3) is 0 Å². The molecule has 1 aliphatic heterocycles. The normalized spacial score (nSPS) is 23.7. The van der Waals surface area contributed by atoms with Gasteiger partial charge in [-0.1, -0.05) is 122 Å². The SMILES string of the molecule is CCC/C=C\CCCCCCCC(=O)NC(COC1OC(CO)C(O)C(O)C1O)C(O)CCCCCCCCCCCCC. The Bertz CT molecular complexity index is 706. The lowest BCUT2D eigenvalue weighted by Crippen LogP contribution is -2.60. The van der Waals surface area contributed by atoms with E-state index in [2.05, 4.69) is 31.3 Å². The quantitative estimate of drug-likeness (QED) is 0.0495. The maximum Gasteiger partial charge on any atom is 0.220 e. The molecule has 1 saturated heterocycles. The van der Waals surface area contributed by atoms with Gasteiger partial charge >= 0.3 is 0 Å². The molecule has 7 atom stereocenters. The molecule has 7 unspecified atom stereocenters. The van der Waals surface area contributed by atoms with Crippen LogP contribution in [0.15, 0.2) is 12.2 Å². The molecule has 0 aromatic rings. The van der Waals surface area contributed by atoms with E-state index in [1.54, 1.807) is 0 Å². The van der Waals surface area contributed by atoms with Crippen LogP contribution in [-0.2, 0) is 14.3 Å². The number of aliphatic hydroxyl groups is 5. The Morgan fingerprint density at radius 3 is 1.93 bits per heavy atom. The molecule has 0 radical (unpaired) electrons. The summed E-state index contributed by atoms with van der Waals surface area (Å²) in [4.78, 5) is 12.8. The Hall–Kier alpha value is -1.07. The molecule has 0 aromatic heterocycles. The van der Waals surface area contributed by atoms with Crippen LogP contribution in [0.5, 0.6) is 0 Å². The summed E-state index contributed by atoms with van der Waals surface area (Å²) in [7, 11) is 0. The number of hydrogen-bond acceptors (Lipinski definition) is 8. The van der Waals surface area contributed by atoms with Gasteiger partial charge in [0.1, 0.15) is 24.4 Å². The van der Waals surface area contributed by atoms with Crippen molar-refractivity contribution in [3.63, 3.8) is 0 Å². The minimum absolute atomic E-state index is 0.140. The highest BCUT2D eigenvalue weighted by Crippen LogP contribution is 2.23. The van der Waals surface area contributed by atoms with E-state index in [9.17, 15) is 30.3 Å². The minimum Gasteiger partial charge on any atom is -0.394 e. The van der Waals surface area contributed by atoms with Crippen molar-refractivity contribution >= 4 is 5.91 Å². The van der Waals surface area contributed by atoms with E-state index >= 15 is 0 Å². The van der Waals surface area contributed by atoms with E-state index in [-0.39, 0.29) is 12.5 Å². The number of aliphatic hydroxyl groups excluding tert-OH is 5. The first-order chi connectivity index (χ1) is 21.3. The van der Waals surface area contributed by atoms with Crippen LogP contribution < -0.4 is 5.32 Å². The minimum atomic E-state index is -1.55. The lowest BCUT2D eigenvalue weighted by atomic mass is 9.99. The summed E-state index contributed by atoms with van der Waals surface area (Å²) in [5.74, 6) is -0.159. The van der Waals surface area contributed by atoms with Gasteiger partial charge in [0.15, 0.2) is 6.29 Å². The van der Waals surface area contributed by atoms with Crippen LogP contribution in [0.1, 0.15) is 149 Å². The van der Waals surface area contributed by atoms with Gasteiger partial charge in [-0.3, -0.25) is 4.79 Å². The summed E-state index contributed by atoms with van der Waals surface area (Å²) in [6.07, 6.45) is 19.4. The summed E-state index contributed by atoms with van der Waals surface area (Å²) in [6, 6.07) is -0.715. The van der Waals surface area contributed by atoms with Crippen molar-refractivity contribution in [2.45, 2.75) is 192 Å². The molecule has 1 amide bonds. The highest BCUT2D eigenvalue weighted by Gasteiger charge is 2.44. The third kappa shape index (κ3) is 18.8. The van der Waals surface area contributed by atoms with E-state index < -0.39 is 49.5 Å². The highest BCUT2D eigenvalue weighted by atomic mass is 16.7. The van der Waals surface area contributed by atoms with Crippen LogP contribution >= 0.6 is 0 Å². The number of rotatable bonds is 28. The number of hydrogen-bond donors (Lipinski definition) is 6. The van der Waals surface area contributed by atoms with Gasteiger partial charge in [0.05, 0.1) is 25.4 Å². The molecule has 44 heavy (non-hydrogen) atoms. The molecule has 6 N–H and O–H groups in total. The predicted molar refractivity (Wildman–Crippen MR) is 175 cm³/mol. The van der Waals surface area contributed by atoms with Gasteiger partial charge in [0.2, 0.25) is 5.91 Å². The van der Waals surface area contributed by atoms with Crippen molar-refractivity contribution in [3.05, 3.63) is 12.2 Å². The molecule has 9 heteroatoms. The molecule has 9 nitrogen and oxygen atoms in total. The van der Waals surface area contributed by atoms with E-state index in [1.165, 1.54) is 57.8 Å². The monoisotopic (exact) mass is 629 g/mol. The zero-order valence-corrected chi connectivity index (χ0v) is 27.9. The van der Waals surface area contributed by atoms with Crippen molar-refractivity contribution in [1.82, 2.24) is 5.32 Å². The van der Waals surface area contributed by atoms with Gasteiger partial charge in [-0.2, -0.15) is 0 Å². The molecule has 1 rings (SSSR count). The molecule has 0 spiro atoms. The van der Waals surface area contributed by atoms with E-state index in [1.807, 2.05) is 0 Å². The number of ether oxygens (including phenoxy) is 2. The molecule has 0 bridgehead atoms. The average molecular weight is 630 g/mol. The third-order valence-corrected chi connectivity index (χ3v) is 8.60. The maximum absolute atomic E-state index is 12.8. The smallest absolute Gasteiger partial charge is 0.220 e. The second-order valence-electron chi connectivity index (χ2n) is 12.7. The molecular formula is C35H67NO8. The van der Waals surface area contributed by atoms with Crippen LogP contribution in [0.4, 0.5) is 0 Å². The second kappa shape index (κ2) is 27.1. The standard InChI is InChI=1S/C35H67NO8/c1-3-5-7-9-11-13-15-16-18-20-22-24-29(38)28(27-43-35-34(42)33(41)32(40)30(26-37)44-35)36-31(39)25-23-21-19-17-14-12-10-8-6-4-2/h8,10,28-30,32-35,37-38,40-42H,3-7,9,11-27H2,1-2H3,(H,36,39)/b10-8-. The third-order valence-electron chi connectivity index (χ3n) is 8.60. The molecule has 1 fully saturated rings. The van der Waals surface area contributed by atoms with E-state index in [4.69, 9.17) is 9.47 Å². The van der Waals surface area contributed by atoms with Gasteiger partial charge in [-0.25, -0.2) is 0 Å². The van der Waals surface area contributed by atoms with Crippen molar-refractivity contribution in [2.24, 2.45) is 0 Å². The van der Waals surface area contributed by atoms with Crippen molar-refractivity contribution in [3.8, 4) is 0 Å². The number of carbonyl (C=O) groups excluding carboxylic acids is 1. The lowest BCUT2D eigenvalue weighted by Gasteiger charge is -2.40. The van der Waals surface area contributed by atoms with Crippen LogP contribution in [0.2, 0.25) is 0 Å². The largest absolute Gasteiger partial charge is 0.394 e. The average Bonchev–Trinajstić information content (AvgIpc) is 3.02. The second-order valence-corrected chi connectivity index (χ2v) is 12.7. The highest BCUT2D eigenvalue weighted by molar-refractivity contribution is 5.76. The molecular weight excluding hydrogens is 562 g/mol. The zero-order valence-electron chi connectivity index (χ0n) is 27.9. The lowest BCUT2D eigenvalue weighted by molar-refractivity contribution is -0.302. The topological polar surface area (TPSA) is 149 Å². The number of carbonyl (C=O) groups is 1. The number of unbranched alkanes of at least 4 members (excludes halogenated alkanes) is 16. The van der Waals surface area contributed by atoms with Crippen molar-refractivity contribution in [2.75, 3.05) is 13.2 Å². The first kappa shape index (κ1) is 41.0. The number of allylic oxidation sites excluding steroid dienone is 2. The molecule has 0 saturated carbocycles. The van der Waals surface area contributed by atoms with Crippen LogP contribution in [0.3, 0.4) is 0 Å². The molecule has 260 valence electrons. The van der Waals surface area contributed by atoms with Crippen molar-refractivity contribution in [1.29, 1.82) is 0 Å². The zero-order chi connectivity index (χ0) is 32.4. The van der Waals surface area contributed by atoms with Crippen LogP contribution in [0, 0.1) is 0 Å². The fourth-order valence-corrected chi connectivity index (χ4v) is 5.63. The molecule has 0 aromatic carbocycles. The van der Waals surface area contributed by atoms with Gasteiger partial charge < -0.3 is 40.3 Å². The number of amides is 1. The predicted octanol–water partition coefficient (Wildman–Crippen LogP) is 5.44. The van der Waals surface area contributed by atoms with Crippen LogP contribution in [-0.4, -0.2) is 87.5 Å². The Labute approximate surface area is 267 Å². The summed E-state index contributed by atoms with van der Waals surface area (Å²) in [5.41, 5.74) is 0. The fraction of sp³-hybridized carbons (Fsp3) is 0.914. The molecule has 1 aliphatic rings. The van der Waals surface area contributed by atoms with Gasteiger partial charge in [-0.05, 0) is 32.1 Å². The van der Waals surface area contributed by atoms with Crippen molar-refractivity contribution < 1.29 is 39.8 Å². The Kier molecular flexibility index (Phi) is 25.2.